The fourth-order valence-corrected chi connectivity index (χ4v) is 1.23. The van der Waals surface area contributed by atoms with E-state index in [-0.39, 0.29) is 5.02 Å². The first-order valence-electron chi connectivity index (χ1n) is 3.56. The van der Waals surface area contributed by atoms with Crippen LogP contribution < -0.4 is 0 Å². The van der Waals surface area contributed by atoms with Crippen LogP contribution in [0, 0.1) is 17.1 Å². The Morgan fingerprint density at radius 3 is 2.77 bits per heavy atom. The minimum Gasteiger partial charge on any atom is -0.362 e. The van der Waals surface area contributed by atoms with Gasteiger partial charge in [0.25, 0.3) is 0 Å². The molecule has 13 heavy (non-hydrogen) atoms. The summed E-state index contributed by atoms with van der Waals surface area (Å²) in [5.41, 5.74) is 0.480. The van der Waals surface area contributed by atoms with Crippen molar-refractivity contribution in [1.29, 1.82) is 5.26 Å². The largest absolute Gasteiger partial charge is 0.362 e. The van der Waals surface area contributed by atoms with Gasteiger partial charge in [0.2, 0.25) is 0 Å². The summed E-state index contributed by atoms with van der Waals surface area (Å²) in [6, 6.07) is 5.73. The van der Waals surface area contributed by atoms with Crippen molar-refractivity contribution in [2.24, 2.45) is 0 Å². The van der Waals surface area contributed by atoms with Crippen molar-refractivity contribution in [3.8, 4) is 6.07 Å². The van der Waals surface area contributed by atoms with E-state index in [4.69, 9.17) is 21.6 Å². The number of benzene rings is 1. The number of nitriles is 1. The molecule has 0 bridgehead atoms. The van der Waals surface area contributed by atoms with Crippen molar-refractivity contribution in [2.45, 2.75) is 6.10 Å². The lowest BCUT2D eigenvalue weighted by atomic mass is 10.1. The van der Waals surface area contributed by atoms with Crippen molar-refractivity contribution >= 4 is 11.6 Å². The molecular formula is C9H7ClFNO. The average molecular weight is 200 g/mol. The molecule has 1 aromatic rings. The van der Waals surface area contributed by atoms with Gasteiger partial charge < -0.3 is 4.74 Å². The number of hydrogen-bond donors (Lipinski definition) is 0. The summed E-state index contributed by atoms with van der Waals surface area (Å²) in [5.74, 6) is -0.429. The smallest absolute Gasteiger partial charge is 0.170 e. The summed E-state index contributed by atoms with van der Waals surface area (Å²) in [6.45, 7) is 0. The molecule has 0 heterocycles. The predicted molar refractivity (Wildman–Crippen MR) is 46.8 cm³/mol. The zero-order valence-corrected chi connectivity index (χ0v) is 7.68. The Balaban J connectivity index is 3.09. The van der Waals surface area contributed by atoms with Gasteiger partial charge >= 0.3 is 0 Å². The normalized spacial score (nSPS) is 12.2. The van der Waals surface area contributed by atoms with E-state index in [9.17, 15) is 4.39 Å². The van der Waals surface area contributed by atoms with E-state index in [1.165, 1.54) is 19.2 Å². The second kappa shape index (κ2) is 4.22. The van der Waals surface area contributed by atoms with Crippen LogP contribution in [0.15, 0.2) is 18.2 Å². The molecule has 1 atom stereocenters. The van der Waals surface area contributed by atoms with Crippen LogP contribution >= 0.6 is 11.6 Å². The van der Waals surface area contributed by atoms with Gasteiger partial charge in [0.05, 0.1) is 11.1 Å². The number of nitrogens with zero attached hydrogens (tertiary/aromatic N) is 1. The van der Waals surface area contributed by atoms with Crippen molar-refractivity contribution in [1.82, 2.24) is 0 Å². The topological polar surface area (TPSA) is 33.0 Å². The fraction of sp³-hybridized carbons (Fsp3) is 0.222. The molecule has 2 nitrogen and oxygen atoms in total. The standard InChI is InChI=1S/C9H7ClFNO/c1-13-9(5-12)7-3-2-6(11)4-8(7)10/h2-4,9H,1H3. The Labute approximate surface area is 80.5 Å². The zero-order chi connectivity index (χ0) is 9.84. The van der Waals surface area contributed by atoms with Crippen molar-refractivity contribution in [3.05, 3.63) is 34.6 Å². The van der Waals surface area contributed by atoms with E-state index in [1.807, 2.05) is 6.07 Å². The van der Waals surface area contributed by atoms with E-state index < -0.39 is 11.9 Å². The Hall–Kier alpha value is -1.11. The van der Waals surface area contributed by atoms with Crippen molar-refractivity contribution in [2.75, 3.05) is 7.11 Å². The molecule has 68 valence electrons. The first kappa shape index (κ1) is 9.97. The lowest BCUT2D eigenvalue weighted by molar-refractivity contribution is 0.148. The first-order valence-corrected chi connectivity index (χ1v) is 3.94. The maximum absolute atomic E-state index is 12.6. The van der Waals surface area contributed by atoms with E-state index >= 15 is 0 Å². The van der Waals surface area contributed by atoms with Gasteiger partial charge in [-0.05, 0) is 12.1 Å². The third-order valence-corrected chi connectivity index (χ3v) is 1.93. The summed E-state index contributed by atoms with van der Waals surface area (Å²) in [4.78, 5) is 0. The van der Waals surface area contributed by atoms with Crippen molar-refractivity contribution in [3.63, 3.8) is 0 Å². The quantitative estimate of drug-likeness (QED) is 0.734. The third kappa shape index (κ3) is 2.18. The fourth-order valence-electron chi connectivity index (χ4n) is 0.963. The summed E-state index contributed by atoms with van der Waals surface area (Å²) >= 11 is 5.71. The minimum absolute atomic E-state index is 0.202. The molecular weight excluding hydrogens is 193 g/mol. The molecule has 0 aliphatic rings. The Bertz CT molecular complexity index is 348. The van der Waals surface area contributed by atoms with Crippen LogP contribution in [0.4, 0.5) is 4.39 Å². The van der Waals surface area contributed by atoms with Crippen LogP contribution in [-0.4, -0.2) is 7.11 Å². The number of rotatable bonds is 2. The highest BCUT2D eigenvalue weighted by Gasteiger charge is 2.12. The monoisotopic (exact) mass is 199 g/mol. The van der Waals surface area contributed by atoms with Crippen LogP contribution in [-0.2, 0) is 4.74 Å². The molecule has 0 aromatic heterocycles. The summed E-state index contributed by atoms with van der Waals surface area (Å²) < 4.78 is 17.4. The Kier molecular flexibility index (Phi) is 3.24. The molecule has 1 aromatic carbocycles. The van der Waals surface area contributed by atoms with Crippen LogP contribution in [0.2, 0.25) is 5.02 Å². The highest BCUT2D eigenvalue weighted by Crippen LogP contribution is 2.25. The Morgan fingerprint density at radius 2 is 2.31 bits per heavy atom. The zero-order valence-electron chi connectivity index (χ0n) is 6.92. The lowest BCUT2D eigenvalue weighted by Crippen LogP contribution is -1.99. The Morgan fingerprint density at radius 1 is 1.62 bits per heavy atom. The third-order valence-electron chi connectivity index (χ3n) is 1.60. The van der Waals surface area contributed by atoms with Gasteiger partial charge in [0, 0.05) is 12.7 Å². The molecule has 0 aliphatic heterocycles. The highest BCUT2D eigenvalue weighted by atomic mass is 35.5. The van der Waals surface area contributed by atoms with Crippen LogP contribution in [0.3, 0.4) is 0 Å². The molecule has 0 amide bonds. The van der Waals surface area contributed by atoms with Gasteiger partial charge in [-0.1, -0.05) is 17.7 Å². The number of hydrogen-bond acceptors (Lipinski definition) is 2. The van der Waals surface area contributed by atoms with Gasteiger partial charge in [0.1, 0.15) is 5.82 Å². The second-order valence-electron chi connectivity index (χ2n) is 2.41. The number of ether oxygens (including phenoxy) is 1. The van der Waals surface area contributed by atoms with Gasteiger partial charge in [0.15, 0.2) is 6.10 Å². The molecule has 0 spiro atoms. The number of halogens is 2. The lowest BCUT2D eigenvalue weighted by Gasteiger charge is -2.08. The van der Waals surface area contributed by atoms with E-state index in [0.717, 1.165) is 6.07 Å². The van der Waals surface area contributed by atoms with Crippen LogP contribution in [0.25, 0.3) is 0 Å². The average Bonchev–Trinajstić information content (AvgIpc) is 2.10. The van der Waals surface area contributed by atoms with E-state index in [2.05, 4.69) is 0 Å². The highest BCUT2D eigenvalue weighted by molar-refractivity contribution is 6.31. The maximum Gasteiger partial charge on any atom is 0.170 e. The summed E-state index contributed by atoms with van der Waals surface area (Å²) in [5, 5.41) is 8.85. The minimum atomic E-state index is -0.743. The van der Waals surface area contributed by atoms with Crippen LogP contribution in [0.1, 0.15) is 11.7 Å². The predicted octanol–water partition coefficient (Wildman–Crippen LogP) is 2.69. The SMILES string of the molecule is COC(C#N)c1ccc(F)cc1Cl. The molecule has 0 saturated heterocycles. The first-order chi connectivity index (χ1) is 6.19. The molecule has 0 fully saturated rings. The van der Waals surface area contributed by atoms with Crippen LogP contribution in [0.5, 0.6) is 0 Å². The molecule has 0 saturated carbocycles. The molecule has 4 heteroatoms. The van der Waals surface area contributed by atoms with Crippen molar-refractivity contribution < 1.29 is 9.13 Å². The molecule has 0 radical (unpaired) electrons. The summed E-state index contributed by atoms with van der Waals surface area (Å²) in [7, 11) is 1.40. The van der Waals surface area contributed by atoms with Gasteiger partial charge in [-0.25, -0.2) is 4.39 Å². The van der Waals surface area contributed by atoms with E-state index in [1.54, 1.807) is 0 Å². The second-order valence-corrected chi connectivity index (χ2v) is 2.82. The molecule has 0 N–H and O–H groups in total. The van der Waals surface area contributed by atoms with Gasteiger partial charge in [-0.3, -0.25) is 0 Å². The molecule has 0 aliphatic carbocycles. The molecule has 1 rings (SSSR count). The maximum atomic E-state index is 12.6. The molecule has 1 unspecified atom stereocenters. The van der Waals surface area contributed by atoms with E-state index in [0.29, 0.717) is 5.56 Å². The summed E-state index contributed by atoms with van der Waals surface area (Å²) in [6.07, 6.45) is -0.743. The number of methoxy groups -OCH3 is 1. The van der Waals surface area contributed by atoms with Gasteiger partial charge in [-0.15, -0.1) is 0 Å². The van der Waals surface area contributed by atoms with Gasteiger partial charge in [-0.2, -0.15) is 5.26 Å².